The maximum absolute atomic E-state index is 12.2. The predicted octanol–water partition coefficient (Wildman–Crippen LogP) is 7.80. The lowest BCUT2D eigenvalue weighted by Gasteiger charge is -2.24. The first-order valence-corrected chi connectivity index (χ1v) is 14.1. The molecular weight excluding hydrogens is 452 g/mol. The van der Waals surface area contributed by atoms with Crippen LogP contribution in [-0.2, 0) is 21.3 Å². The van der Waals surface area contributed by atoms with E-state index in [1.165, 1.54) is 44.9 Å². The maximum Gasteiger partial charge on any atom is 0.514 e. The predicted molar refractivity (Wildman–Crippen MR) is 138 cm³/mol. The third-order valence-corrected chi connectivity index (χ3v) is 6.52. The summed E-state index contributed by atoms with van der Waals surface area (Å²) >= 11 is 0. The largest absolute Gasteiger partial charge is 0.748 e. The van der Waals surface area contributed by atoms with Gasteiger partial charge >= 0.3 is 6.16 Å². The fourth-order valence-electron chi connectivity index (χ4n) is 3.76. The monoisotopic (exact) mass is 499 g/mol. The summed E-state index contributed by atoms with van der Waals surface area (Å²) in [5, 5.41) is 0. The Bertz CT molecular complexity index is 756. The molecule has 1 aromatic carbocycles. The fraction of sp³-hybridized carbons (Fsp3) is 0.741. The van der Waals surface area contributed by atoms with E-state index < -0.39 is 21.9 Å². The zero-order valence-electron chi connectivity index (χ0n) is 20.8. The second kappa shape index (κ2) is 17.8. The molecule has 0 aliphatic rings. The van der Waals surface area contributed by atoms with E-state index in [9.17, 15) is 17.8 Å². The summed E-state index contributed by atoms with van der Waals surface area (Å²) in [5.41, 5.74) is 0.502. The van der Waals surface area contributed by atoms with E-state index in [1.807, 2.05) is 26.0 Å². The molecule has 0 amide bonds. The van der Waals surface area contributed by atoms with Gasteiger partial charge in [0.2, 0.25) is 0 Å². The zero-order chi connectivity index (χ0) is 24.6. The van der Waals surface area contributed by atoms with Crippen LogP contribution in [0.2, 0.25) is 0 Å². The van der Waals surface area contributed by atoms with Crippen LogP contribution >= 0.6 is 0 Å². The van der Waals surface area contributed by atoms with Crippen molar-refractivity contribution >= 4 is 16.3 Å². The van der Waals surface area contributed by atoms with Crippen molar-refractivity contribution in [3.8, 4) is 5.75 Å². The molecule has 0 radical (unpaired) electrons. The van der Waals surface area contributed by atoms with E-state index in [0.29, 0.717) is 18.6 Å². The quantitative estimate of drug-likeness (QED) is 0.0885. The number of carbonyl (C=O) groups excluding carboxylic acids is 1. The summed E-state index contributed by atoms with van der Waals surface area (Å²) in [6.45, 7) is 6.07. The van der Waals surface area contributed by atoms with Crippen LogP contribution < -0.4 is 4.74 Å². The Hall–Kier alpha value is -1.60. The molecule has 0 N–H and O–H groups in total. The molecule has 34 heavy (non-hydrogen) atoms. The second-order valence-corrected chi connectivity index (χ2v) is 11.0. The smallest absolute Gasteiger partial charge is 0.514 e. The van der Waals surface area contributed by atoms with Crippen LogP contribution in [0.25, 0.3) is 0 Å². The van der Waals surface area contributed by atoms with E-state index in [1.54, 1.807) is 12.1 Å². The molecular formula is C27H47O6S-. The first-order valence-electron chi connectivity index (χ1n) is 12.5. The lowest BCUT2D eigenvalue weighted by Crippen LogP contribution is -2.29. The summed E-state index contributed by atoms with van der Waals surface area (Å²) in [6.07, 6.45) is 14.1. The van der Waals surface area contributed by atoms with Gasteiger partial charge in [0, 0.05) is 5.75 Å². The third-order valence-electron chi connectivity index (χ3n) is 5.73. The molecule has 6 nitrogen and oxygen atoms in total. The summed E-state index contributed by atoms with van der Waals surface area (Å²) in [4.78, 5) is 12.2. The first-order chi connectivity index (χ1) is 15.6. The highest BCUT2D eigenvalue weighted by atomic mass is 32.2. The molecule has 0 fully saturated rings. The third kappa shape index (κ3) is 17.8. The van der Waals surface area contributed by atoms with Gasteiger partial charge in [0.1, 0.15) is 11.4 Å². The number of hydrogen-bond donors (Lipinski definition) is 0. The van der Waals surface area contributed by atoms with Gasteiger partial charge in [0.15, 0.2) is 0 Å². The van der Waals surface area contributed by atoms with Crippen molar-refractivity contribution in [2.24, 2.45) is 0 Å². The minimum absolute atomic E-state index is 0. The van der Waals surface area contributed by atoms with Crippen LogP contribution in [-0.4, -0.2) is 30.5 Å². The van der Waals surface area contributed by atoms with Gasteiger partial charge in [0.25, 0.3) is 0 Å². The van der Waals surface area contributed by atoms with E-state index >= 15 is 0 Å². The van der Waals surface area contributed by atoms with Gasteiger partial charge in [-0.25, -0.2) is 13.2 Å². The SMILES string of the molecule is C.CCCCCCCCCCCC(C)(C)OC(=O)Oc1ccc(CCCCCS(=O)(=O)[O-])cc1. The Kier molecular flexibility index (Phi) is 16.9. The minimum Gasteiger partial charge on any atom is -0.748 e. The number of unbranched alkanes of at least 4 members (excludes halogenated alkanes) is 10. The van der Waals surface area contributed by atoms with E-state index in [4.69, 9.17) is 9.47 Å². The molecule has 1 rings (SSSR count). The summed E-state index contributed by atoms with van der Waals surface area (Å²) in [7, 11) is -4.12. The van der Waals surface area contributed by atoms with Gasteiger partial charge in [-0.1, -0.05) is 84.3 Å². The highest BCUT2D eigenvalue weighted by Gasteiger charge is 2.23. The molecule has 0 bridgehead atoms. The zero-order valence-corrected chi connectivity index (χ0v) is 21.6. The molecule has 1 aromatic rings. The molecule has 0 heterocycles. The molecule has 0 spiro atoms. The standard InChI is InChI=1S/C26H44O6S.CH4/c1-4-5-6-7-8-9-10-11-14-21-26(2,3)32-25(27)31-24-19-17-23(18-20-24)16-13-12-15-22-33(28,29)30;/h17-20H,4-16,21-22H2,1-3H3,(H,28,29,30);1H4/p-1. The molecule has 0 atom stereocenters. The molecule has 0 saturated carbocycles. The average molecular weight is 500 g/mol. The van der Waals surface area contributed by atoms with Crippen molar-refractivity contribution in [3.05, 3.63) is 29.8 Å². The van der Waals surface area contributed by atoms with Gasteiger partial charge in [0.05, 0.1) is 10.1 Å². The van der Waals surface area contributed by atoms with Gasteiger partial charge < -0.3 is 14.0 Å². The van der Waals surface area contributed by atoms with Crippen molar-refractivity contribution in [1.29, 1.82) is 0 Å². The lowest BCUT2D eigenvalue weighted by molar-refractivity contribution is 0.00275. The molecule has 0 aromatic heterocycles. The molecule has 0 aliphatic carbocycles. The van der Waals surface area contributed by atoms with Crippen molar-refractivity contribution in [1.82, 2.24) is 0 Å². The average Bonchev–Trinajstić information content (AvgIpc) is 2.72. The Balaban J connectivity index is 0.0000109. The van der Waals surface area contributed by atoms with Crippen LogP contribution in [0, 0.1) is 0 Å². The highest BCUT2D eigenvalue weighted by Crippen LogP contribution is 2.22. The van der Waals surface area contributed by atoms with Crippen LogP contribution in [0.5, 0.6) is 5.75 Å². The van der Waals surface area contributed by atoms with Crippen LogP contribution in [0.1, 0.15) is 117 Å². The Morgan fingerprint density at radius 1 is 0.853 bits per heavy atom. The summed E-state index contributed by atoms with van der Waals surface area (Å²) in [5.74, 6) is 0.122. The number of rotatable bonds is 18. The molecule has 0 saturated heterocycles. The number of carbonyl (C=O) groups is 1. The topological polar surface area (TPSA) is 92.7 Å². The van der Waals surface area contributed by atoms with Crippen LogP contribution in [0.15, 0.2) is 24.3 Å². The maximum atomic E-state index is 12.2. The minimum atomic E-state index is -4.12. The van der Waals surface area contributed by atoms with E-state index in [-0.39, 0.29) is 13.2 Å². The van der Waals surface area contributed by atoms with Gasteiger partial charge in [-0.15, -0.1) is 0 Å². The highest BCUT2D eigenvalue weighted by molar-refractivity contribution is 7.85. The van der Waals surface area contributed by atoms with E-state index in [2.05, 4.69) is 6.92 Å². The molecule has 0 unspecified atom stereocenters. The second-order valence-electron chi connectivity index (χ2n) is 9.51. The normalized spacial score (nSPS) is 11.6. The van der Waals surface area contributed by atoms with Crippen molar-refractivity contribution < 1.29 is 27.2 Å². The van der Waals surface area contributed by atoms with Gasteiger partial charge in [-0.2, -0.15) is 0 Å². The van der Waals surface area contributed by atoms with Crippen molar-refractivity contribution in [3.63, 3.8) is 0 Å². The number of ether oxygens (including phenoxy) is 2. The van der Waals surface area contributed by atoms with Crippen LogP contribution in [0.4, 0.5) is 4.79 Å². The van der Waals surface area contributed by atoms with Gasteiger partial charge in [-0.3, -0.25) is 0 Å². The summed E-state index contributed by atoms with van der Waals surface area (Å²) < 4.78 is 42.6. The first kappa shape index (κ1) is 32.4. The molecule has 7 heteroatoms. The summed E-state index contributed by atoms with van der Waals surface area (Å²) in [6, 6.07) is 7.21. The van der Waals surface area contributed by atoms with Crippen LogP contribution in [0.3, 0.4) is 0 Å². The Morgan fingerprint density at radius 2 is 1.38 bits per heavy atom. The lowest BCUT2D eigenvalue weighted by atomic mass is 9.99. The van der Waals surface area contributed by atoms with E-state index in [0.717, 1.165) is 37.7 Å². The number of hydrogen-bond acceptors (Lipinski definition) is 6. The molecule has 0 aliphatic heterocycles. The number of benzene rings is 1. The Labute approximate surface area is 208 Å². The van der Waals surface area contributed by atoms with Crippen molar-refractivity contribution in [2.45, 2.75) is 124 Å². The van der Waals surface area contributed by atoms with Gasteiger partial charge in [-0.05, 0) is 63.6 Å². The number of aryl methyl sites for hydroxylation is 1. The van der Waals surface area contributed by atoms with Crippen molar-refractivity contribution in [2.75, 3.05) is 5.75 Å². The Morgan fingerprint density at radius 3 is 1.94 bits per heavy atom. The molecule has 198 valence electrons. The fourth-order valence-corrected chi connectivity index (χ4v) is 4.32.